The van der Waals surface area contributed by atoms with Crippen LogP contribution in [0.25, 0.3) is 0 Å². The number of rotatable bonds is 5. The van der Waals surface area contributed by atoms with Gasteiger partial charge >= 0.3 is 0 Å². The van der Waals surface area contributed by atoms with E-state index in [2.05, 4.69) is 11.4 Å². The van der Waals surface area contributed by atoms with Crippen molar-refractivity contribution in [3.63, 3.8) is 0 Å². The molecule has 0 aromatic heterocycles. The largest absolute Gasteiger partial charge is 0.352 e. The van der Waals surface area contributed by atoms with Gasteiger partial charge in [-0.05, 0) is 54.5 Å². The third-order valence-corrected chi connectivity index (χ3v) is 4.09. The SMILES string of the molecule is O=C(NCCc1ccc(Cl)cc1)c1ccccc1C1CC1. The van der Waals surface area contributed by atoms with Crippen LogP contribution in [0.15, 0.2) is 48.5 Å². The first-order valence-corrected chi connectivity index (χ1v) is 7.73. The van der Waals surface area contributed by atoms with Crippen LogP contribution in [0.1, 0.15) is 40.2 Å². The van der Waals surface area contributed by atoms with E-state index in [4.69, 9.17) is 11.6 Å². The molecule has 2 aromatic rings. The molecule has 0 radical (unpaired) electrons. The Morgan fingerprint density at radius 1 is 1.10 bits per heavy atom. The van der Waals surface area contributed by atoms with E-state index in [0.717, 1.165) is 17.0 Å². The third kappa shape index (κ3) is 3.64. The lowest BCUT2D eigenvalue weighted by Crippen LogP contribution is -2.26. The Labute approximate surface area is 130 Å². The number of hydrogen-bond acceptors (Lipinski definition) is 1. The molecule has 0 heterocycles. The molecular weight excluding hydrogens is 282 g/mol. The average molecular weight is 300 g/mol. The number of halogens is 1. The standard InChI is InChI=1S/C18H18ClNO/c19-15-9-5-13(6-10-15)11-12-20-18(21)17-4-2-1-3-16(17)14-7-8-14/h1-6,9-10,14H,7-8,11-12H2,(H,20,21). The van der Waals surface area contributed by atoms with E-state index in [1.165, 1.54) is 24.0 Å². The molecule has 1 fully saturated rings. The summed E-state index contributed by atoms with van der Waals surface area (Å²) in [5.41, 5.74) is 3.20. The van der Waals surface area contributed by atoms with Crippen molar-refractivity contribution in [1.82, 2.24) is 5.32 Å². The van der Waals surface area contributed by atoms with Crippen molar-refractivity contribution in [2.45, 2.75) is 25.2 Å². The summed E-state index contributed by atoms with van der Waals surface area (Å²) >= 11 is 5.86. The number of carbonyl (C=O) groups is 1. The summed E-state index contributed by atoms with van der Waals surface area (Å²) in [6.45, 7) is 0.638. The lowest BCUT2D eigenvalue weighted by Gasteiger charge is -2.09. The van der Waals surface area contributed by atoms with Crippen LogP contribution in [0.2, 0.25) is 5.02 Å². The second-order valence-corrected chi connectivity index (χ2v) is 5.93. The Morgan fingerprint density at radius 3 is 2.52 bits per heavy atom. The summed E-state index contributed by atoms with van der Waals surface area (Å²) in [6, 6.07) is 15.7. The molecule has 0 bridgehead atoms. The molecule has 1 N–H and O–H groups in total. The molecule has 2 nitrogen and oxygen atoms in total. The smallest absolute Gasteiger partial charge is 0.251 e. The predicted molar refractivity (Wildman–Crippen MR) is 85.9 cm³/mol. The van der Waals surface area contributed by atoms with Gasteiger partial charge < -0.3 is 5.32 Å². The lowest BCUT2D eigenvalue weighted by molar-refractivity contribution is 0.0953. The fraction of sp³-hybridized carbons (Fsp3) is 0.278. The Hall–Kier alpha value is -1.80. The van der Waals surface area contributed by atoms with Gasteiger partial charge in [0, 0.05) is 17.1 Å². The van der Waals surface area contributed by atoms with Crippen molar-refractivity contribution in [2.75, 3.05) is 6.54 Å². The van der Waals surface area contributed by atoms with Crippen LogP contribution >= 0.6 is 11.6 Å². The van der Waals surface area contributed by atoms with E-state index in [1.807, 2.05) is 42.5 Å². The van der Waals surface area contributed by atoms with E-state index in [-0.39, 0.29) is 5.91 Å². The van der Waals surface area contributed by atoms with Gasteiger partial charge in [-0.1, -0.05) is 41.9 Å². The fourth-order valence-corrected chi connectivity index (χ4v) is 2.65. The molecule has 1 saturated carbocycles. The summed E-state index contributed by atoms with van der Waals surface area (Å²) in [4.78, 5) is 12.3. The lowest BCUT2D eigenvalue weighted by atomic mass is 10.0. The quantitative estimate of drug-likeness (QED) is 0.881. The third-order valence-electron chi connectivity index (χ3n) is 3.84. The average Bonchev–Trinajstić information content (AvgIpc) is 3.34. The minimum Gasteiger partial charge on any atom is -0.352 e. The van der Waals surface area contributed by atoms with Gasteiger partial charge in [-0.25, -0.2) is 0 Å². The maximum Gasteiger partial charge on any atom is 0.251 e. The maximum absolute atomic E-state index is 12.3. The minimum atomic E-state index is 0.0338. The molecule has 3 heteroatoms. The number of amides is 1. The van der Waals surface area contributed by atoms with Crippen molar-refractivity contribution < 1.29 is 4.79 Å². The molecule has 0 aliphatic heterocycles. The Balaban J connectivity index is 1.58. The zero-order valence-corrected chi connectivity index (χ0v) is 12.6. The second-order valence-electron chi connectivity index (χ2n) is 5.49. The second kappa shape index (κ2) is 6.31. The van der Waals surface area contributed by atoms with Gasteiger partial charge in [0.05, 0.1) is 0 Å². The molecule has 2 aromatic carbocycles. The van der Waals surface area contributed by atoms with E-state index in [9.17, 15) is 4.79 Å². The minimum absolute atomic E-state index is 0.0338. The van der Waals surface area contributed by atoms with E-state index in [1.54, 1.807) is 0 Å². The molecule has 0 atom stereocenters. The molecule has 3 rings (SSSR count). The summed E-state index contributed by atoms with van der Waals surface area (Å²) in [5, 5.41) is 3.75. The first kappa shape index (κ1) is 14.2. The van der Waals surface area contributed by atoms with Crippen molar-refractivity contribution in [1.29, 1.82) is 0 Å². The highest BCUT2D eigenvalue weighted by Gasteiger charge is 2.27. The highest BCUT2D eigenvalue weighted by Crippen LogP contribution is 2.41. The van der Waals surface area contributed by atoms with Crippen LogP contribution in [0.3, 0.4) is 0 Å². The first-order valence-electron chi connectivity index (χ1n) is 7.35. The van der Waals surface area contributed by atoms with Crippen LogP contribution in [0.5, 0.6) is 0 Å². The first-order chi connectivity index (χ1) is 10.2. The number of benzene rings is 2. The van der Waals surface area contributed by atoms with Crippen LogP contribution in [0, 0.1) is 0 Å². The molecule has 108 valence electrons. The van der Waals surface area contributed by atoms with Crippen LogP contribution < -0.4 is 5.32 Å². The van der Waals surface area contributed by atoms with Crippen LogP contribution in [0.4, 0.5) is 0 Å². The Morgan fingerprint density at radius 2 is 1.81 bits per heavy atom. The number of nitrogens with one attached hydrogen (secondary N) is 1. The molecule has 1 aliphatic rings. The molecule has 0 saturated heterocycles. The monoisotopic (exact) mass is 299 g/mol. The fourth-order valence-electron chi connectivity index (χ4n) is 2.52. The summed E-state index contributed by atoms with van der Waals surface area (Å²) in [7, 11) is 0. The van der Waals surface area contributed by atoms with E-state index < -0.39 is 0 Å². The van der Waals surface area contributed by atoms with Gasteiger partial charge in [0.25, 0.3) is 5.91 Å². The summed E-state index contributed by atoms with van der Waals surface area (Å²) in [5.74, 6) is 0.620. The van der Waals surface area contributed by atoms with Crippen LogP contribution in [-0.4, -0.2) is 12.5 Å². The van der Waals surface area contributed by atoms with Crippen LogP contribution in [-0.2, 0) is 6.42 Å². The molecule has 0 unspecified atom stereocenters. The Kier molecular flexibility index (Phi) is 4.26. The van der Waals surface area contributed by atoms with Crippen molar-refractivity contribution >= 4 is 17.5 Å². The van der Waals surface area contributed by atoms with Gasteiger partial charge in [0.2, 0.25) is 0 Å². The highest BCUT2D eigenvalue weighted by molar-refractivity contribution is 6.30. The van der Waals surface area contributed by atoms with Gasteiger partial charge in [0.15, 0.2) is 0 Å². The molecular formula is C18H18ClNO. The van der Waals surface area contributed by atoms with Gasteiger partial charge in [0.1, 0.15) is 0 Å². The molecule has 21 heavy (non-hydrogen) atoms. The summed E-state index contributed by atoms with van der Waals surface area (Å²) in [6.07, 6.45) is 3.22. The topological polar surface area (TPSA) is 29.1 Å². The normalized spacial score (nSPS) is 14.0. The van der Waals surface area contributed by atoms with Crippen molar-refractivity contribution in [3.05, 3.63) is 70.2 Å². The Bertz CT molecular complexity index is 632. The number of hydrogen-bond donors (Lipinski definition) is 1. The molecule has 1 aliphatic carbocycles. The van der Waals surface area contributed by atoms with Gasteiger partial charge in [-0.15, -0.1) is 0 Å². The van der Waals surface area contributed by atoms with E-state index in [0.29, 0.717) is 12.5 Å². The zero-order chi connectivity index (χ0) is 14.7. The van der Waals surface area contributed by atoms with Crippen molar-refractivity contribution in [3.8, 4) is 0 Å². The predicted octanol–water partition coefficient (Wildman–Crippen LogP) is 4.19. The number of carbonyl (C=O) groups excluding carboxylic acids is 1. The van der Waals surface area contributed by atoms with Gasteiger partial charge in [-0.2, -0.15) is 0 Å². The molecule has 0 spiro atoms. The van der Waals surface area contributed by atoms with Gasteiger partial charge in [-0.3, -0.25) is 4.79 Å². The van der Waals surface area contributed by atoms with E-state index >= 15 is 0 Å². The maximum atomic E-state index is 12.3. The summed E-state index contributed by atoms with van der Waals surface area (Å²) < 4.78 is 0. The highest BCUT2D eigenvalue weighted by atomic mass is 35.5. The zero-order valence-electron chi connectivity index (χ0n) is 11.8. The van der Waals surface area contributed by atoms with Crippen molar-refractivity contribution in [2.24, 2.45) is 0 Å². The molecule has 1 amide bonds.